The summed E-state index contributed by atoms with van der Waals surface area (Å²) in [7, 11) is 1.40. The molecule has 0 bridgehead atoms. The molecule has 0 aliphatic carbocycles. The van der Waals surface area contributed by atoms with E-state index >= 15 is 0 Å². The summed E-state index contributed by atoms with van der Waals surface area (Å²) in [5.74, 6) is 0.381. The van der Waals surface area contributed by atoms with E-state index < -0.39 is 5.82 Å². The molecule has 0 unspecified atom stereocenters. The summed E-state index contributed by atoms with van der Waals surface area (Å²) < 4.78 is 26.0. The summed E-state index contributed by atoms with van der Waals surface area (Å²) in [6, 6.07) is 3.00. The van der Waals surface area contributed by atoms with Crippen LogP contribution in [0.25, 0.3) is 16.6 Å². The number of piperidine rings is 1. The van der Waals surface area contributed by atoms with Crippen LogP contribution in [0.5, 0.6) is 5.75 Å². The van der Waals surface area contributed by atoms with Gasteiger partial charge in [0.05, 0.1) is 31.8 Å². The number of methoxy groups -OCH3 is 1. The molecular weight excluding hydrogens is 391 g/mol. The monoisotopic (exact) mass is 414 g/mol. The molecule has 9 nitrogen and oxygen atoms in total. The van der Waals surface area contributed by atoms with Crippen molar-refractivity contribution in [2.45, 2.75) is 31.7 Å². The van der Waals surface area contributed by atoms with Crippen LogP contribution in [0.3, 0.4) is 0 Å². The van der Waals surface area contributed by atoms with Gasteiger partial charge in [-0.05, 0) is 25.8 Å². The van der Waals surface area contributed by atoms with Crippen molar-refractivity contribution in [2.75, 3.05) is 32.6 Å². The number of hydrogen-bond donors (Lipinski definition) is 1. The van der Waals surface area contributed by atoms with Crippen molar-refractivity contribution < 1.29 is 18.7 Å². The van der Waals surface area contributed by atoms with E-state index in [9.17, 15) is 9.18 Å². The van der Waals surface area contributed by atoms with Crippen LogP contribution in [-0.4, -0.2) is 63.3 Å². The molecule has 4 heterocycles. The van der Waals surface area contributed by atoms with Crippen LogP contribution in [0.4, 0.5) is 10.3 Å². The summed E-state index contributed by atoms with van der Waals surface area (Å²) in [5.41, 5.74) is 7.02. The number of amides is 1. The van der Waals surface area contributed by atoms with Gasteiger partial charge in [0.25, 0.3) is 0 Å². The molecular formula is C20H23FN6O3. The first-order valence-electron chi connectivity index (χ1n) is 10.0. The van der Waals surface area contributed by atoms with E-state index in [4.69, 9.17) is 15.2 Å². The van der Waals surface area contributed by atoms with Crippen molar-refractivity contribution in [2.24, 2.45) is 5.92 Å². The number of carbonyl (C=O) groups is 1. The van der Waals surface area contributed by atoms with Gasteiger partial charge in [0, 0.05) is 30.0 Å². The lowest BCUT2D eigenvalue weighted by Crippen LogP contribution is -2.51. The lowest BCUT2D eigenvalue weighted by atomic mass is 9.91. The number of halogens is 1. The van der Waals surface area contributed by atoms with Crippen molar-refractivity contribution in [3.05, 3.63) is 23.8 Å². The molecule has 0 spiro atoms. The molecule has 2 aliphatic heterocycles. The number of likely N-dealkylation sites (tertiary alicyclic amines) is 1. The van der Waals surface area contributed by atoms with Crippen LogP contribution >= 0.6 is 0 Å². The smallest absolute Gasteiger partial charge is 0.230 e. The van der Waals surface area contributed by atoms with Crippen molar-refractivity contribution in [1.82, 2.24) is 24.5 Å². The Morgan fingerprint density at radius 3 is 2.80 bits per heavy atom. The Labute approximate surface area is 172 Å². The number of nitrogens with zero attached hydrogens (tertiary/aromatic N) is 5. The Morgan fingerprint density at radius 2 is 2.10 bits per heavy atom. The lowest BCUT2D eigenvalue weighted by Gasteiger charge is -2.40. The molecule has 2 atom stereocenters. The topological polar surface area (TPSA) is 108 Å². The van der Waals surface area contributed by atoms with Crippen LogP contribution < -0.4 is 10.5 Å². The zero-order chi connectivity index (χ0) is 21.0. The zero-order valence-corrected chi connectivity index (χ0v) is 16.8. The minimum absolute atomic E-state index is 0.0245. The maximum Gasteiger partial charge on any atom is 0.230 e. The van der Waals surface area contributed by atoms with Crippen LogP contribution in [0, 0.1) is 11.7 Å². The van der Waals surface area contributed by atoms with Gasteiger partial charge in [0.1, 0.15) is 0 Å². The molecule has 1 aromatic carbocycles. The fourth-order valence-electron chi connectivity index (χ4n) is 4.21. The average molecular weight is 414 g/mol. The summed E-state index contributed by atoms with van der Waals surface area (Å²) in [6.07, 6.45) is 1.72. The lowest BCUT2D eigenvalue weighted by molar-refractivity contribution is -0.153. The quantitative estimate of drug-likeness (QED) is 0.696. The zero-order valence-electron chi connectivity index (χ0n) is 16.8. The van der Waals surface area contributed by atoms with E-state index in [0.29, 0.717) is 42.1 Å². The Hall–Kier alpha value is -3.01. The number of carbonyl (C=O) groups excluding carboxylic acids is 1. The number of nitrogen functional groups attached to an aromatic ring is 1. The van der Waals surface area contributed by atoms with Crippen molar-refractivity contribution in [3.63, 3.8) is 0 Å². The highest BCUT2D eigenvalue weighted by Gasteiger charge is 2.37. The number of nitrogens with two attached hydrogens (primary N) is 1. The molecule has 0 radical (unpaired) electrons. The standard InChI is InChI=1S/C20H23FN6O3/c1-10-3-4-11(7-26(10)19(28)12-8-30-9-12)17-24-18-13-5-14(21)16(29-2)6-15(13)23-20(22)27(18)25-17/h5-6,10-12H,3-4,7-9H2,1-2H3,(H2,22,23)/t10-,11+/m0/s1. The van der Waals surface area contributed by atoms with Gasteiger partial charge in [-0.15, -0.1) is 5.10 Å². The molecule has 2 N–H and O–H groups in total. The van der Waals surface area contributed by atoms with Crippen molar-refractivity contribution in [3.8, 4) is 5.75 Å². The molecule has 1 amide bonds. The number of hydrogen-bond acceptors (Lipinski definition) is 7. The second kappa shape index (κ2) is 7.05. The van der Waals surface area contributed by atoms with E-state index in [-0.39, 0.29) is 35.5 Å². The first-order chi connectivity index (χ1) is 14.5. The number of aromatic nitrogens is 4. The van der Waals surface area contributed by atoms with Gasteiger partial charge in [-0.25, -0.2) is 14.4 Å². The number of anilines is 1. The normalized spacial score (nSPS) is 22.4. The first-order valence-corrected chi connectivity index (χ1v) is 10.0. The maximum absolute atomic E-state index is 14.3. The van der Waals surface area contributed by atoms with Gasteiger partial charge in [0.2, 0.25) is 11.9 Å². The second-order valence-electron chi connectivity index (χ2n) is 8.03. The molecule has 0 saturated carbocycles. The number of fused-ring (bicyclic) bond motifs is 3. The summed E-state index contributed by atoms with van der Waals surface area (Å²) in [4.78, 5) is 23.7. The third-order valence-corrected chi connectivity index (χ3v) is 6.10. The summed E-state index contributed by atoms with van der Waals surface area (Å²) in [5, 5.41) is 5.06. The van der Waals surface area contributed by atoms with Crippen LogP contribution in [-0.2, 0) is 9.53 Å². The first kappa shape index (κ1) is 19.0. The van der Waals surface area contributed by atoms with E-state index in [1.165, 1.54) is 23.8 Å². The third-order valence-electron chi connectivity index (χ3n) is 6.10. The van der Waals surface area contributed by atoms with E-state index in [2.05, 4.69) is 22.0 Å². The molecule has 158 valence electrons. The molecule has 10 heteroatoms. The molecule has 2 fully saturated rings. The van der Waals surface area contributed by atoms with Gasteiger partial charge in [0.15, 0.2) is 23.0 Å². The number of ether oxygens (including phenoxy) is 2. The van der Waals surface area contributed by atoms with Crippen LogP contribution in [0.15, 0.2) is 12.1 Å². The number of benzene rings is 1. The van der Waals surface area contributed by atoms with Crippen molar-refractivity contribution >= 4 is 28.4 Å². The highest BCUT2D eigenvalue weighted by molar-refractivity contribution is 5.93. The highest BCUT2D eigenvalue weighted by atomic mass is 19.1. The Bertz CT molecular complexity index is 1140. The third kappa shape index (κ3) is 2.94. The molecule has 3 aromatic rings. The van der Waals surface area contributed by atoms with E-state index in [1.54, 1.807) is 0 Å². The molecule has 2 aliphatic rings. The fourth-order valence-corrected chi connectivity index (χ4v) is 4.21. The summed E-state index contributed by atoms with van der Waals surface area (Å²) in [6.45, 7) is 3.59. The second-order valence-corrected chi connectivity index (χ2v) is 8.03. The minimum atomic E-state index is -0.506. The Morgan fingerprint density at radius 1 is 1.30 bits per heavy atom. The van der Waals surface area contributed by atoms with Crippen molar-refractivity contribution in [1.29, 1.82) is 0 Å². The Kier molecular flexibility index (Phi) is 4.46. The van der Waals surface area contributed by atoms with Gasteiger partial charge >= 0.3 is 0 Å². The maximum atomic E-state index is 14.3. The SMILES string of the molecule is COc1cc2nc(N)n3nc([C@@H]4CC[C@H](C)N(C(=O)C5COC5)C4)nc3c2cc1F. The summed E-state index contributed by atoms with van der Waals surface area (Å²) >= 11 is 0. The predicted molar refractivity (Wildman–Crippen MR) is 107 cm³/mol. The number of rotatable bonds is 3. The minimum Gasteiger partial charge on any atom is -0.494 e. The average Bonchev–Trinajstić information content (AvgIpc) is 3.13. The Balaban J connectivity index is 1.52. The molecule has 2 saturated heterocycles. The van der Waals surface area contributed by atoms with E-state index in [0.717, 1.165) is 12.8 Å². The van der Waals surface area contributed by atoms with Crippen LogP contribution in [0.1, 0.15) is 31.5 Å². The van der Waals surface area contributed by atoms with Crippen LogP contribution in [0.2, 0.25) is 0 Å². The highest BCUT2D eigenvalue weighted by Crippen LogP contribution is 2.32. The fraction of sp³-hybridized carbons (Fsp3) is 0.500. The van der Waals surface area contributed by atoms with Gasteiger partial charge in [-0.1, -0.05) is 0 Å². The largest absolute Gasteiger partial charge is 0.494 e. The molecule has 30 heavy (non-hydrogen) atoms. The van der Waals surface area contributed by atoms with E-state index in [1.807, 2.05) is 4.90 Å². The van der Waals surface area contributed by atoms with Gasteiger partial charge in [-0.2, -0.15) is 4.52 Å². The van der Waals surface area contributed by atoms with Gasteiger partial charge < -0.3 is 20.1 Å². The predicted octanol–water partition coefficient (Wildman–Crippen LogP) is 1.75. The molecule has 5 rings (SSSR count). The molecule has 2 aromatic heterocycles. The van der Waals surface area contributed by atoms with Gasteiger partial charge in [-0.3, -0.25) is 4.79 Å².